The van der Waals surface area contributed by atoms with Gasteiger partial charge in [-0.05, 0) is 105 Å². The number of para-hydroxylation sites is 2. The van der Waals surface area contributed by atoms with Gasteiger partial charge in [0.1, 0.15) is 45.6 Å². The zero-order valence-corrected chi connectivity index (χ0v) is 22.7. The predicted molar refractivity (Wildman–Crippen MR) is 153 cm³/mol. The van der Waals surface area contributed by atoms with Gasteiger partial charge < -0.3 is 29.2 Å². The summed E-state index contributed by atoms with van der Waals surface area (Å²) in [6.07, 6.45) is 3.72. The summed E-state index contributed by atoms with van der Waals surface area (Å²) in [4.78, 5) is 24.4. The van der Waals surface area contributed by atoms with Gasteiger partial charge in [-0.15, -0.1) is 0 Å². The van der Waals surface area contributed by atoms with Crippen LogP contribution in [0.3, 0.4) is 0 Å². The molecule has 0 saturated carbocycles. The fourth-order valence-corrected chi connectivity index (χ4v) is 4.00. The minimum absolute atomic E-state index is 0.0126. The van der Waals surface area contributed by atoms with E-state index in [0.717, 1.165) is 25.7 Å². The molecule has 0 heterocycles. The standard InChI is InChI=1S/C33H32O8/c1-23(39-25-18-20-27(21-19-25)41-33(37)29-11-5-7-13-31(29)35)9-3-2-8-22-38-24-14-16-26(17-15-24)40-32(36)28-10-4-6-12-30(28)34/h4-7,10-21,23,34-35H,2-3,8-9,22H2,1H3. The number of hydrogen-bond acceptors (Lipinski definition) is 8. The molecule has 0 aliphatic heterocycles. The molecule has 0 fully saturated rings. The van der Waals surface area contributed by atoms with Crippen LogP contribution < -0.4 is 18.9 Å². The number of esters is 2. The molecule has 4 rings (SSSR count). The van der Waals surface area contributed by atoms with Gasteiger partial charge in [0.25, 0.3) is 0 Å². The van der Waals surface area contributed by atoms with Crippen LogP contribution in [-0.2, 0) is 0 Å². The van der Waals surface area contributed by atoms with Crippen LogP contribution in [0.1, 0.15) is 53.3 Å². The topological polar surface area (TPSA) is 112 Å². The van der Waals surface area contributed by atoms with E-state index in [1.165, 1.54) is 24.3 Å². The lowest BCUT2D eigenvalue weighted by molar-refractivity contribution is 0.0721. The lowest BCUT2D eigenvalue weighted by atomic mass is 10.1. The molecule has 0 saturated heterocycles. The number of carbonyl (C=O) groups is 2. The second kappa shape index (κ2) is 14.4. The monoisotopic (exact) mass is 556 g/mol. The molecule has 212 valence electrons. The number of phenols is 2. The SMILES string of the molecule is CC(CCCCCOc1ccc(OC(=O)c2ccccc2O)cc1)Oc1ccc(OC(=O)c2ccccc2O)cc1. The van der Waals surface area contributed by atoms with Crippen molar-refractivity contribution in [2.75, 3.05) is 6.61 Å². The van der Waals surface area contributed by atoms with Crippen LogP contribution >= 0.6 is 0 Å². The number of carbonyl (C=O) groups excluding carboxylic acids is 2. The smallest absolute Gasteiger partial charge is 0.347 e. The minimum Gasteiger partial charge on any atom is -0.507 e. The van der Waals surface area contributed by atoms with Crippen molar-refractivity contribution in [3.8, 4) is 34.5 Å². The first kappa shape index (κ1) is 29.0. The first-order chi connectivity index (χ1) is 19.9. The summed E-state index contributed by atoms with van der Waals surface area (Å²) in [7, 11) is 0. The predicted octanol–water partition coefficient (Wildman–Crippen LogP) is 6.94. The second-order valence-corrected chi connectivity index (χ2v) is 9.38. The Morgan fingerprint density at radius 1 is 0.610 bits per heavy atom. The van der Waals surface area contributed by atoms with E-state index in [-0.39, 0.29) is 28.7 Å². The maximum absolute atomic E-state index is 12.2. The Morgan fingerprint density at radius 3 is 1.59 bits per heavy atom. The fraction of sp³-hybridized carbons (Fsp3) is 0.212. The molecule has 0 radical (unpaired) electrons. The van der Waals surface area contributed by atoms with Gasteiger partial charge in [-0.2, -0.15) is 0 Å². The lowest BCUT2D eigenvalue weighted by Gasteiger charge is -2.15. The Hall–Kier alpha value is -4.98. The van der Waals surface area contributed by atoms with Crippen LogP contribution in [0, 0.1) is 0 Å². The molecule has 1 unspecified atom stereocenters. The molecule has 2 N–H and O–H groups in total. The van der Waals surface area contributed by atoms with Crippen molar-refractivity contribution in [1.29, 1.82) is 0 Å². The molecule has 0 aliphatic rings. The molecule has 1 atom stereocenters. The number of rotatable bonds is 13. The molecule has 0 spiro atoms. The molecule has 4 aromatic carbocycles. The average Bonchev–Trinajstić information content (AvgIpc) is 2.97. The highest BCUT2D eigenvalue weighted by Crippen LogP contribution is 2.24. The number of ether oxygens (including phenoxy) is 4. The largest absolute Gasteiger partial charge is 0.507 e. The highest BCUT2D eigenvalue weighted by atomic mass is 16.5. The normalized spacial score (nSPS) is 11.3. The van der Waals surface area contributed by atoms with Gasteiger partial charge in [-0.1, -0.05) is 24.3 Å². The van der Waals surface area contributed by atoms with Crippen LogP contribution in [0.5, 0.6) is 34.5 Å². The van der Waals surface area contributed by atoms with E-state index in [2.05, 4.69) is 0 Å². The van der Waals surface area contributed by atoms with Crippen LogP contribution in [0.25, 0.3) is 0 Å². The summed E-state index contributed by atoms with van der Waals surface area (Å²) in [5.74, 6) is 0.578. The molecule has 0 aromatic heterocycles. The molecule has 41 heavy (non-hydrogen) atoms. The Balaban J connectivity index is 1.10. The van der Waals surface area contributed by atoms with E-state index in [9.17, 15) is 19.8 Å². The Labute approximate surface area is 238 Å². The van der Waals surface area contributed by atoms with Crippen molar-refractivity contribution >= 4 is 11.9 Å². The molecule has 8 heteroatoms. The van der Waals surface area contributed by atoms with Crippen molar-refractivity contribution < 1.29 is 38.7 Å². The Morgan fingerprint density at radius 2 is 1.07 bits per heavy atom. The van der Waals surface area contributed by atoms with Gasteiger partial charge in [-0.3, -0.25) is 0 Å². The summed E-state index contributed by atoms with van der Waals surface area (Å²) in [6.45, 7) is 2.57. The van der Waals surface area contributed by atoms with Crippen molar-refractivity contribution in [2.24, 2.45) is 0 Å². The summed E-state index contributed by atoms with van der Waals surface area (Å²) < 4.78 is 22.4. The molecule has 0 bridgehead atoms. The zero-order valence-electron chi connectivity index (χ0n) is 22.7. The molecule has 8 nitrogen and oxygen atoms in total. The number of phenolic OH excluding ortho intramolecular Hbond substituents is 2. The molecular weight excluding hydrogens is 524 g/mol. The van der Waals surface area contributed by atoms with Gasteiger partial charge in [0, 0.05) is 0 Å². The number of aromatic hydroxyl groups is 2. The van der Waals surface area contributed by atoms with E-state index >= 15 is 0 Å². The first-order valence-corrected chi connectivity index (χ1v) is 13.4. The number of hydrogen-bond donors (Lipinski definition) is 2. The Bertz CT molecular complexity index is 1430. The van der Waals surface area contributed by atoms with Gasteiger partial charge >= 0.3 is 11.9 Å². The van der Waals surface area contributed by atoms with Crippen LogP contribution in [0.4, 0.5) is 0 Å². The third kappa shape index (κ3) is 8.76. The summed E-state index contributed by atoms with van der Waals surface area (Å²) in [6, 6.07) is 26.0. The molecule has 4 aromatic rings. The van der Waals surface area contributed by atoms with Crippen LogP contribution in [0.15, 0.2) is 97.1 Å². The van der Waals surface area contributed by atoms with Gasteiger partial charge in [-0.25, -0.2) is 9.59 Å². The first-order valence-electron chi connectivity index (χ1n) is 13.4. The van der Waals surface area contributed by atoms with E-state index in [1.807, 2.05) is 6.92 Å². The van der Waals surface area contributed by atoms with E-state index in [0.29, 0.717) is 29.6 Å². The van der Waals surface area contributed by atoms with Crippen LogP contribution in [0.2, 0.25) is 0 Å². The van der Waals surface area contributed by atoms with Crippen molar-refractivity contribution in [2.45, 2.75) is 38.7 Å². The van der Waals surface area contributed by atoms with Crippen molar-refractivity contribution in [3.63, 3.8) is 0 Å². The lowest BCUT2D eigenvalue weighted by Crippen LogP contribution is -2.12. The van der Waals surface area contributed by atoms with Crippen molar-refractivity contribution in [3.05, 3.63) is 108 Å². The van der Waals surface area contributed by atoms with Gasteiger partial charge in [0.2, 0.25) is 0 Å². The second-order valence-electron chi connectivity index (χ2n) is 9.38. The third-order valence-electron chi connectivity index (χ3n) is 6.18. The van der Waals surface area contributed by atoms with Crippen LogP contribution in [-0.4, -0.2) is 34.9 Å². The van der Waals surface area contributed by atoms with E-state index in [1.54, 1.807) is 72.8 Å². The highest BCUT2D eigenvalue weighted by Gasteiger charge is 2.14. The zero-order chi connectivity index (χ0) is 29.0. The van der Waals surface area contributed by atoms with Gasteiger partial charge in [0.05, 0.1) is 12.7 Å². The number of benzene rings is 4. The summed E-state index contributed by atoms with van der Waals surface area (Å²) in [5, 5.41) is 19.6. The third-order valence-corrected chi connectivity index (χ3v) is 6.18. The molecular formula is C33H32O8. The number of unbranched alkanes of at least 4 members (excludes halogenated alkanes) is 2. The van der Waals surface area contributed by atoms with E-state index < -0.39 is 11.9 Å². The maximum Gasteiger partial charge on any atom is 0.347 e. The van der Waals surface area contributed by atoms with Crippen molar-refractivity contribution in [1.82, 2.24) is 0 Å². The van der Waals surface area contributed by atoms with Gasteiger partial charge in [0.15, 0.2) is 0 Å². The molecule has 0 aliphatic carbocycles. The highest BCUT2D eigenvalue weighted by molar-refractivity contribution is 5.94. The van der Waals surface area contributed by atoms with E-state index in [4.69, 9.17) is 18.9 Å². The maximum atomic E-state index is 12.2. The fourth-order valence-electron chi connectivity index (χ4n) is 4.00. The average molecular weight is 557 g/mol. The molecule has 0 amide bonds. The summed E-state index contributed by atoms with van der Waals surface area (Å²) in [5.41, 5.74) is 0.212. The minimum atomic E-state index is -0.627. The Kier molecular flexibility index (Phi) is 10.2. The quantitative estimate of drug-likeness (QED) is 0.103. The summed E-state index contributed by atoms with van der Waals surface area (Å²) >= 11 is 0.